The molecule has 20 heavy (non-hydrogen) atoms. The van der Waals surface area contributed by atoms with E-state index >= 15 is 0 Å². The van der Waals surface area contributed by atoms with E-state index in [-0.39, 0.29) is 22.9 Å². The van der Waals surface area contributed by atoms with Gasteiger partial charge in [0.05, 0.1) is 4.90 Å². The highest BCUT2D eigenvalue weighted by Crippen LogP contribution is 2.16. The minimum absolute atomic E-state index is 0.0981. The first kappa shape index (κ1) is 14.9. The van der Waals surface area contributed by atoms with Crippen molar-refractivity contribution in [3.63, 3.8) is 0 Å². The maximum Gasteiger partial charge on any atom is 0.241 e. The average Bonchev–Trinajstić information content (AvgIpc) is 2.41. The van der Waals surface area contributed by atoms with Crippen LogP contribution in [0.1, 0.15) is 18.4 Å². The van der Waals surface area contributed by atoms with E-state index in [4.69, 9.17) is 5.73 Å². The van der Waals surface area contributed by atoms with Gasteiger partial charge in [0, 0.05) is 18.7 Å². The molecule has 8 heteroatoms. The Bertz CT molecular complexity index is 618. The third-order valence-corrected chi connectivity index (χ3v) is 4.60. The van der Waals surface area contributed by atoms with Crippen molar-refractivity contribution in [2.75, 3.05) is 6.54 Å². The molecule has 0 radical (unpaired) electrons. The van der Waals surface area contributed by atoms with E-state index in [2.05, 4.69) is 10.0 Å². The van der Waals surface area contributed by atoms with Crippen LogP contribution in [0.25, 0.3) is 0 Å². The zero-order valence-corrected chi connectivity index (χ0v) is 11.5. The maximum absolute atomic E-state index is 13.3. The second-order valence-electron chi connectivity index (χ2n) is 4.56. The van der Waals surface area contributed by atoms with Crippen LogP contribution in [0.4, 0.5) is 4.39 Å². The molecule has 1 saturated heterocycles. The Labute approximate surface area is 116 Å². The summed E-state index contributed by atoms with van der Waals surface area (Å²) in [6, 6.07) is 2.59. The van der Waals surface area contributed by atoms with Gasteiger partial charge in [-0.05, 0) is 31.0 Å². The number of nitrogens with two attached hydrogens (primary N) is 1. The van der Waals surface area contributed by atoms with Crippen molar-refractivity contribution < 1.29 is 17.6 Å². The van der Waals surface area contributed by atoms with Crippen molar-refractivity contribution in [2.45, 2.75) is 30.3 Å². The van der Waals surface area contributed by atoms with Gasteiger partial charge >= 0.3 is 0 Å². The maximum atomic E-state index is 13.3. The quantitative estimate of drug-likeness (QED) is 0.719. The van der Waals surface area contributed by atoms with Gasteiger partial charge in [-0.3, -0.25) is 4.79 Å². The number of benzene rings is 1. The fourth-order valence-corrected chi connectivity index (χ4v) is 3.29. The Hall–Kier alpha value is -1.51. The average molecular weight is 301 g/mol. The van der Waals surface area contributed by atoms with Crippen molar-refractivity contribution in [3.8, 4) is 0 Å². The van der Waals surface area contributed by atoms with Gasteiger partial charge in [0.25, 0.3) is 0 Å². The zero-order chi connectivity index (χ0) is 14.8. The number of rotatable bonds is 4. The lowest BCUT2D eigenvalue weighted by atomic mass is 10.1. The SMILES string of the molecule is NCc1cc(S(=O)(=O)NC2CCCNC2=O)ccc1F. The molecule has 110 valence electrons. The molecule has 0 spiro atoms. The lowest BCUT2D eigenvalue weighted by Gasteiger charge is -2.22. The molecule has 1 fully saturated rings. The highest BCUT2D eigenvalue weighted by atomic mass is 32.2. The van der Waals surface area contributed by atoms with Gasteiger partial charge < -0.3 is 11.1 Å². The molecule has 0 aromatic heterocycles. The molecule has 1 aliphatic heterocycles. The molecule has 4 N–H and O–H groups in total. The van der Waals surface area contributed by atoms with E-state index in [1.54, 1.807) is 0 Å². The van der Waals surface area contributed by atoms with Gasteiger partial charge in [-0.2, -0.15) is 4.72 Å². The summed E-state index contributed by atoms with van der Waals surface area (Å²) in [5.41, 5.74) is 5.46. The fraction of sp³-hybridized carbons (Fsp3) is 0.417. The molecule has 1 amide bonds. The van der Waals surface area contributed by atoms with Crippen LogP contribution in [0, 0.1) is 5.82 Å². The summed E-state index contributed by atoms with van der Waals surface area (Å²) < 4.78 is 40.0. The Balaban J connectivity index is 2.23. The molecule has 6 nitrogen and oxygen atoms in total. The van der Waals surface area contributed by atoms with Gasteiger partial charge in [0.1, 0.15) is 11.9 Å². The zero-order valence-electron chi connectivity index (χ0n) is 10.7. The highest BCUT2D eigenvalue weighted by Gasteiger charge is 2.27. The molecule has 1 aromatic rings. The van der Waals surface area contributed by atoms with Gasteiger partial charge in [-0.15, -0.1) is 0 Å². The van der Waals surface area contributed by atoms with E-state index in [0.717, 1.165) is 12.1 Å². The summed E-state index contributed by atoms with van der Waals surface area (Å²) in [5, 5.41) is 2.59. The molecular formula is C12H16FN3O3S. The number of hydrogen-bond donors (Lipinski definition) is 3. The predicted molar refractivity (Wildman–Crippen MR) is 70.6 cm³/mol. The van der Waals surface area contributed by atoms with Gasteiger partial charge in [0.2, 0.25) is 15.9 Å². The summed E-state index contributed by atoms with van der Waals surface area (Å²) in [6.45, 7) is 0.448. The molecule has 0 aliphatic carbocycles. The third-order valence-electron chi connectivity index (χ3n) is 3.13. The molecule has 2 rings (SSSR count). The van der Waals surface area contributed by atoms with E-state index < -0.39 is 21.9 Å². The Morgan fingerprint density at radius 1 is 1.45 bits per heavy atom. The third kappa shape index (κ3) is 3.14. The second kappa shape index (κ2) is 5.86. The number of sulfonamides is 1. The van der Waals surface area contributed by atoms with Crippen molar-refractivity contribution in [2.24, 2.45) is 5.73 Å². The van der Waals surface area contributed by atoms with Crippen LogP contribution in [-0.4, -0.2) is 26.9 Å². The normalized spacial score (nSPS) is 19.7. The summed E-state index contributed by atoms with van der Waals surface area (Å²) in [7, 11) is -3.88. The van der Waals surface area contributed by atoms with Crippen LogP contribution in [0.2, 0.25) is 0 Å². The topological polar surface area (TPSA) is 101 Å². The molecular weight excluding hydrogens is 285 g/mol. The van der Waals surface area contributed by atoms with Crippen LogP contribution in [0.3, 0.4) is 0 Å². The molecule has 1 heterocycles. The molecule has 1 aliphatic rings. The van der Waals surface area contributed by atoms with Gasteiger partial charge in [0.15, 0.2) is 0 Å². The highest BCUT2D eigenvalue weighted by molar-refractivity contribution is 7.89. The Kier molecular flexibility index (Phi) is 4.36. The lowest BCUT2D eigenvalue weighted by Crippen LogP contribution is -2.50. The Morgan fingerprint density at radius 2 is 2.20 bits per heavy atom. The number of hydrogen-bond acceptors (Lipinski definition) is 4. The number of carbonyl (C=O) groups is 1. The molecule has 1 atom stereocenters. The van der Waals surface area contributed by atoms with Crippen LogP contribution in [0.15, 0.2) is 23.1 Å². The Morgan fingerprint density at radius 3 is 2.85 bits per heavy atom. The van der Waals surface area contributed by atoms with Crippen LogP contribution < -0.4 is 15.8 Å². The lowest BCUT2D eigenvalue weighted by molar-refractivity contribution is -0.124. The molecule has 1 aromatic carbocycles. The first-order valence-corrected chi connectivity index (χ1v) is 7.71. The van der Waals surface area contributed by atoms with E-state index in [9.17, 15) is 17.6 Å². The van der Waals surface area contributed by atoms with Crippen LogP contribution in [-0.2, 0) is 21.4 Å². The number of amides is 1. The smallest absolute Gasteiger partial charge is 0.241 e. The largest absolute Gasteiger partial charge is 0.355 e. The summed E-state index contributed by atoms with van der Waals surface area (Å²) in [6.07, 6.45) is 1.15. The van der Waals surface area contributed by atoms with Crippen molar-refractivity contribution >= 4 is 15.9 Å². The number of piperidine rings is 1. The first-order chi connectivity index (χ1) is 9.44. The van der Waals surface area contributed by atoms with E-state index in [1.807, 2.05) is 0 Å². The predicted octanol–water partition coefficient (Wildman–Crippen LogP) is -0.159. The minimum atomic E-state index is -3.88. The van der Waals surface area contributed by atoms with Gasteiger partial charge in [-0.25, -0.2) is 12.8 Å². The number of carbonyl (C=O) groups excluding carboxylic acids is 1. The van der Waals surface area contributed by atoms with Crippen molar-refractivity contribution in [1.82, 2.24) is 10.0 Å². The number of nitrogens with one attached hydrogen (secondary N) is 2. The monoisotopic (exact) mass is 301 g/mol. The van der Waals surface area contributed by atoms with Crippen LogP contribution in [0.5, 0.6) is 0 Å². The van der Waals surface area contributed by atoms with Crippen LogP contribution >= 0.6 is 0 Å². The standard InChI is InChI=1S/C12H16FN3O3S/c13-10-4-3-9(6-8(10)7-14)20(18,19)16-11-2-1-5-15-12(11)17/h3-4,6,11,16H,1-2,5,7,14H2,(H,15,17). The number of halogens is 1. The van der Waals surface area contributed by atoms with Crippen molar-refractivity contribution in [1.29, 1.82) is 0 Å². The van der Waals surface area contributed by atoms with Gasteiger partial charge in [-0.1, -0.05) is 0 Å². The fourth-order valence-electron chi connectivity index (χ4n) is 2.01. The first-order valence-electron chi connectivity index (χ1n) is 6.22. The van der Waals surface area contributed by atoms with Crippen molar-refractivity contribution in [3.05, 3.63) is 29.6 Å². The second-order valence-corrected chi connectivity index (χ2v) is 6.28. The molecule has 1 unspecified atom stereocenters. The summed E-state index contributed by atoms with van der Waals surface area (Å²) in [4.78, 5) is 11.5. The van der Waals surface area contributed by atoms with E-state index in [0.29, 0.717) is 19.4 Å². The minimum Gasteiger partial charge on any atom is -0.355 e. The molecule has 0 saturated carbocycles. The molecule has 0 bridgehead atoms. The summed E-state index contributed by atoms with van der Waals surface area (Å²) in [5.74, 6) is -0.900. The van der Waals surface area contributed by atoms with E-state index in [1.165, 1.54) is 6.07 Å². The summed E-state index contributed by atoms with van der Waals surface area (Å²) >= 11 is 0.